The van der Waals surface area contributed by atoms with E-state index in [0.717, 1.165) is 19.5 Å². The van der Waals surface area contributed by atoms with Crippen LogP contribution in [0.3, 0.4) is 0 Å². The van der Waals surface area contributed by atoms with Crippen molar-refractivity contribution in [2.45, 2.75) is 32.2 Å². The van der Waals surface area contributed by atoms with Gasteiger partial charge in [0.1, 0.15) is 18.0 Å². The van der Waals surface area contributed by atoms with Gasteiger partial charge in [-0.05, 0) is 57.5 Å². The first kappa shape index (κ1) is 24.5. The van der Waals surface area contributed by atoms with Gasteiger partial charge in [-0.2, -0.15) is 10.1 Å². The fourth-order valence-electron chi connectivity index (χ4n) is 4.54. The molecule has 0 atom stereocenters. The smallest absolute Gasteiger partial charge is 0.251 e. The topological polar surface area (TPSA) is 126 Å². The van der Waals surface area contributed by atoms with Gasteiger partial charge in [-0.25, -0.2) is 24.0 Å². The summed E-state index contributed by atoms with van der Waals surface area (Å²) in [5.41, 5.74) is 1.18. The molecular formula is C25H29FN10O. The predicted octanol–water partition coefficient (Wildman–Crippen LogP) is 3.38. The molecule has 4 heterocycles. The average Bonchev–Trinajstić information content (AvgIpc) is 3.38. The van der Waals surface area contributed by atoms with E-state index in [9.17, 15) is 9.18 Å². The SMILES string of the molecule is Cn1nc(Nc2cc(C(=O)NCCN3CCCC3(C)C)ccc2F)c2cnc(Nc3ccncn3)nc21. The molecule has 5 rings (SSSR count). The molecule has 0 radical (unpaired) electrons. The first-order valence-electron chi connectivity index (χ1n) is 12.1. The van der Waals surface area contributed by atoms with Crippen molar-refractivity contribution in [1.29, 1.82) is 0 Å². The van der Waals surface area contributed by atoms with Crippen LogP contribution in [-0.2, 0) is 7.05 Å². The third kappa shape index (κ3) is 5.33. The molecule has 37 heavy (non-hydrogen) atoms. The number of amides is 1. The van der Waals surface area contributed by atoms with Crippen molar-refractivity contribution in [3.8, 4) is 0 Å². The normalized spacial score (nSPS) is 15.1. The molecule has 1 aliphatic rings. The highest BCUT2D eigenvalue weighted by atomic mass is 19.1. The number of aryl methyl sites for hydroxylation is 1. The van der Waals surface area contributed by atoms with Gasteiger partial charge in [0.2, 0.25) is 5.95 Å². The molecule has 12 heteroatoms. The van der Waals surface area contributed by atoms with Crippen LogP contribution in [0.15, 0.2) is 43.0 Å². The molecule has 0 bridgehead atoms. The number of likely N-dealkylation sites (tertiary alicyclic amines) is 1. The van der Waals surface area contributed by atoms with E-state index in [0.29, 0.717) is 40.7 Å². The predicted molar refractivity (Wildman–Crippen MR) is 139 cm³/mol. The maximum atomic E-state index is 14.7. The minimum atomic E-state index is -0.503. The Bertz CT molecular complexity index is 1420. The highest BCUT2D eigenvalue weighted by Crippen LogP contribution is 2.28. The number of nitrogens with zero attached hydrogens (tertiary/aromatic N) is 7. The van der Waals surface area contributed by atoms with Gasteiger partial charge in [-0.3, -0.25) is 9.69 Å². The van der Waals surface area contributed by atoms with Crippen LogP contribution in [0.5, 0.6) is 0 Å². The van der Waals surface area contributed by atoms with Crippen LogP contribution in [-0.4, -0.2) is 65.7 Å². The van der Waals surface area contributed by atoms with E-state index in [1.54, 1.807) is 30.2 Å². The molecule has 1 amide bonds. The zero-order chi connectivity index (χ0) is 26.0. The van der Waals surface area contributed by atoms with Gasteiger partial charge in [0, 0.05) is 43.6 Å². The molecule has 0 aliphatic carbocycles. The zero-order valence-corrected chi connectivity index (χ0v) is 21.0. The summed E-state index contributed by atoms with van der Waals surface area (Å²) >= 11 is 0. The number of anilines is 4. The van der Waals surface area contributed by atoms with E-state index < -0.39 is 5.82 Å². The lowest BCUT2D eigenvalue weighted by molar-refractivity contribution is 0.0940. The number of carbonyl (C=O) groups excluding carboxylic acids is 1. The minimum Gasteiger partial charge on any atom is -0.351 e. The molecule has 1 fully saturated rings. The maximum absolute atomic E-state index is 14.7. The lowest BCUT2D eigenvalue weighted by atomic mass is 10.0. The zero-order valence-electron chi connectivity index (χ0n) is 21.0. The summed E-state index contributed by atoms with van der Waals surface area (Å²) in [6.45, 7) is 6.78. The third-order valence-corrected chi connectivity index (χ3v) is 6.62. The van der Waals surface area contributed by atoms with Crippen LogP contribution < -0.4 is 16.0 Å². The second kappa shape index (κ2) is 10.1. The highest BCUT2D eigenvalue weighted by Gasteiger charge is 2.31. The Balaban J connectivity index is 1.29. The number of aromatic nitrogens is 6. The van der Waals surface area contributed by atoms with Crippen LogP contribution >= 0.6 is 0 Å². The maximum Gasteiger partial charge on any atom is 0.251 e. The summed E-state index contributed by atoms with van der Waals surface area (Å²) in [5, 5.41) is 14.0. The summed E-state index contributed by atoms with van der Waals surface area (Å²) in [5.74, 6) is 0.504. The van der Waals surface area contributed by atoms with Crippen LogP contribution in [0, 0.1) is 5.82 Å². The number of halogens is 1. The van der Waals surface area contributed by atoms with Gasteiger partial charge in [0.05, 0.1) is 11.1 Å². The van der Waals surface area contributed by atoms with Crippen molar-refractivity contribution in [3.63, 3.8) is 0 Å². The van der Waals surface area contributed by atoms with E-state index in [1.165, 1.54) is 30.9 Å². The van der Waals surface area contributed by atoms with E-state index in [-0.39, 0.29) is 17.1 Å². The van der Waals surface area contributed by atoms with Crippen molar-refractivity contribution in [1.82, 2.24) is 39.9 Å². The minimum absolute atomic E-state index is 0.136. The van der Waals surface area contributed by atoms with Crippen LogP contribution in [0.2, 0.25) is 0 Å². The highest BCUT2D eigenvalue weighted by molar-refractivity contribution is 5.96. The van der Waals surface area contributed by atoms with Gasteiger partial charge < -0.3 is 16.0 Å². The Kier molecular flexibility index (Phi) is 6.66. The quantitative estimate of drug-likeness (QED) is 0.331. The Morgan fingerprint density at radius 3 is 2.81 bits per heavy atom. The molecule has 11 nitrogen and oxygen atoms in total. The van der Waals surface area contributed by atoms with Crippen molar-refractivity contribution in [3.05, 3.63) is 54.4 Å². The van der Waals surface area contributed by atoms with Crippen LogP contribution in [0.4, 0.5) is 27.7 Å². The first-order chi connectivity index (χ1) is 17.8. The summed E-state index contributed by atoms with van der Waals surface area (Å²) < 4.78 is 16.3. The van der Waals surface area contributed by atoms with E-state index in [4.69, 9.17) is 0 Å². The van der Waals surface area contributed by atoms with Gasteiger partial charge in [0.25, 0.3) is 5.91 Å². The standard InChI is InChI=1S/C25H29FN10O/c1-25(2)8-4-11-36(25)12-10-28-23(37)16-5-6-18(26)19(13-16)31-21-17-14-29-24(33-22(17)35(3)34-21)32-20-7-9-27-15-30-20/h5-7,9,13-15H,4,8,10-12H2,1-3H3,(H,28,37)(H,31,34)(H,27,29,30,32,33). The number of benzene rings is 1. The second-order valence-corrected chi connectivity index (χ2v) is 9.60. The molecule has 1 saturated heterocycles. The van der Waals surface area contributed by atoms with Gasteiger partial charge in [-0.1, -0.05) is 0 Å². The molecule has 4 aromatic rings. The Hall–Kier alpha value is -4.19. The third-order valence-electron chi connectivity index (χ3n) is 6.62. The van der Waals surface area contributed by atoms with Crippen LogP contribution in [0.25, 0.3) is 11.0 Å². The van der Waals surface area contributed by atoms with Gasteiger partial charge in [-0.15, -0.1) is 0 Å². The van der Waals surface area contributed by atoms with Crippen molar-refractivity contribution in [2.24, 2.45) is 7.05 Å². The van der Waals surface area contributed by atoms with Crippen LogP contribution in [0.1, 0.15) is 37.0 Å². The summed E-state index contributed by atoms with van der Waals surface area (Å²) in [7, 11) is 1.73. The van der Waals surface area contributed by atoms with E-state index in [1.807, 2.05) is 0 Å². The van der Waals surface area contributed by atoms with Crippen molar-refractivity contribution in [2.75, 3.05) is 30.3 Å². The largest absolute Gasteiger partial charge is 0.351 e. The Morgan fingerprint density at radius 2 is 2.05 bits per heavy atom. The average molecular weight is 505 g/mol. The van der Waals surface area contributed by atoms with Gasteiger partial charge >= 0.3 is 0 Å². The monoisotopic (exact) mass is 504 g/mol. The fraction of sp³-hybridized carbons (Fsp3) is 0.360. The molecule has 192 valence electrons. The summed E-state index contributed by atoms with van der Waals surface area (Å²) in [6.07, 6.45) is 6.94. The molecular weight excluding hydrogens is 475 g/mol. The number of nitrogens with one attached hydrogen (secondary N) is 3. The molecule has 1 aromatic carbocycles. The lowest BCUT2D eigenvalue weighted by Gasteiger charge is -2.31. The number of rotatable bonds is 8. The second-order valence-electron chi connectivity index (χ2n) is 9.60. The molecule has 0 spiro atoms. The van der Waals surface area contributed by atoms with E-state index in [2.05, 4.69) is 59.7 Å². The van der Waals surface area contributed by atoms with Gasteiger partial charge in [0.15, 0.2) is 11.5 Å². The molecule has 3 aromatic heterocycles. The fourth-order valence-corrected chi connectivity index (χ4v) is 4.54. The number of hydrogen-bond acceptors (Lipinski definition) is 9. The lowest BCUT2D eigenvalue weighted by Crippen LogP contribution is -2.43. The number of carbonyl (C=O) groups is 1. The van der Waals surface area contributed by atoms with Crippen molar-refractivity contribution < 1.29 is 9.18 Å². The molecule has 1 aliphatic heterocycles. The first-order valence-corrected chi connectivity index (χ1v) is 12.1. The van der Waals surface area contributed by atoms with Crippen molar-refractivity contribution >= 4 is 40.2 Å². The summed E-state index contributed by atoms with van der Waals surface area (Å²) in [4.78, 5) is 31.9. The summed E-state index contributed by atoms with van der Waals surface area (Å²) in [6, 6.07) is 5.92. The Morgan fingerprint density at radius 1 is 1.19 bits per heavy atom. The molecule has 0 unspecified atom stereocenters. The Labute approximate surface area is 213 Å². The number of hydrogen-bond donors (Lipinski definition) is 3. The van der Waals surface area contributed by atoms with E-state index >= 15 is 0 Å². The molecule has 0 saturated carbocycles. The number of fused-ring (bicyclic) bond motifs is 1. The molecule has 3 N–H and O–H groups in total.